The van der Waals surface area contributed by atoms with E-state index in [9.17, 15) is 0 Å². The molecule has 0 saturated heterocycles. The van der Waals surface area contributed by atoms with Crippen LogP contribution in [-0.2, 0) is 4.74 Å². The normalized spacial score (nSPS) is 38.5. The van der Waals surface area contributed by atoms with Crippen molar-refractivity contribution in [1.29, 1.82) is 0 Å². The lowest BCUT2D eigenvalue weighted by atomic mass is 9.57. The predicted octanol–water partition coefficient (Wildman–Crippen LogP) is 7.17. The minimum absolute atomic E-state index is 0.0472. The molecule has 1 aliphatic carbocycles. The average Bonchev–Trinajstić information content (AvgIpc) is 2.61. The van der Waals surface area contributed by atoms with E-state index in [1.54, 1.807) is 0 Å². The van der Waals surface area contributed by atoms with Gasteiger partial charge in [0.15, 0.2) is 0 Å². The zero-order valence-corrected chi connectivity index (χ0v) is 19.2. The van der Waals surface area contributed by atoms with Gasteiger partial charge in [-0.15, -0.1) is 0 Å². The van der Waals surface area contributed by atoms with Gasteiger partial charge in [-0.2, -0.15) is 0 Å². The van der Waals surface area contributed by atoms with Crippen LogP contribution in [0, 0.1) is 22.7 Å². The van der Waals surface area contributed by atoms with Crippen molar-refractivity contribution in [3.05, 3.63) is 58.6 Å². The molecule has 2 heterocycles. The molecule has 0 aromatic carbocycles. The maximum Gasteiger partial charge on any atom is 0.136 e. The van der Waals surface area contributed by atoms with E-state index in [4.69, 9.17) is 9.73 Å². The van der Waals surface area contributed by atoms with E-state index in [0.717, 1.165) is 29.2 Å². The fourth-order valence-corrected chi connectivity index (χ4v) is 4.89. The summed E-state index contributed by atoms with van der Waals surface area (Å²) in [6.45, 7) is 24.8. The van der Waals surface area contributed by atoms with Crippen molar-refractivity contribution in [2.45, 2.75) is 74.8 Å². The van der Waals surface area contributed by atoms with E-state index in [1.165, 1.54) is 16.7 Å². The molecule has 0 spiro atoms. The minimum atomic E-state index is -0.0472. The molecule has 3 aliphatic rings. The largest absolute Gasteiger partial charge is 0.456 e. The van der Waals surface area contributed by atoms with E-state index < -0.39 is 0 Å². The molecule has 0 radical (unpaired) electrons. The molecule has 2 aliphatic heterocycles. The number of nitrogens with zero attached hydrogens (tertiary/aromatic N) is 1. The number of hydrogen-bond donors (Lipinski definition) is 0. The maximum atomic E-state index is 6.62. The zero-order chi connectivity index (χ0) is 21.0. The van der Waals surface area contributed by atoms with Crippen LogP contribution in [-0.4, -0.2) is 11.8 Å². The van der Waals surface area contributed by atoms with Crippen LogP contribution >= 0.6 is 0 Å². The molecule has 2 heteroatoms. The van der Waals surface area contributed by atoms with Gasteiger partial charge in [0.25, 0.3) is 0 Å². The Morgan fingerprint density at radius 1 is 1.25 bits per heavy atom. The second-order valence-electron chi connectivity index (χ2n) is 10.3. The molecule has 0 bridgehead atoms. The summed E-state index contributed by atoms with van der Waals surface area (Å²) in [6.07, 6.45) is 7.69. The van der Waals surface area contributed by atoms with Gasteiger partial charge in [0.1, 0.15) is 11.5 Å². The van der Waals surface area contributed by atoms with Crippen LogP contribution in [0.1, 0.15) is 68.7 Å². The molecule has 2 nitrogen and oxygen atoms in total. The molecule has 0 aromatic rings. The Hall–Kier alpha value is -1.83. The second-order valence-corrected chi connectivity index (χ2v) is 10.3. The molecule has 0 saturated carbocycles. The summed E-state index contributed by atoms with van der Waals surface area (Å²) in [5.41, 5.74) is 5.97. The van der Waals surface area contributed by atoms with Crippen molar-refractivity contribution >= 4 is 5.71 Å². The van der Waals surface area contributed by atoms with Gasteiger partial charge in [0.2, 0.25) is 0 Å². The van der Waals surface area contributed by atoms with Gasteiger partial charge in [0.05, 0.1) is 11.8 Å². The molecular formula is C26H37NO. The first-order valence-corrected chi connectivity index (χ1v) is 10.7. The number of allylic oxidation sites excluding steroid dienone is 7. The minimum Gasteiger partial charge on any atom is -0.456 e. The molecule has 4 atom stereocenters. The van der Waals surface area contributed by atoms with Crippen molar-refractivity contribution in [2.24, 2.45) is 27.7 Å². The van der Waals surface area contributed by atoms with Gasteiger partial charge in [-0.05, 0) is 61.7 Å². The Kier molecular flexibility index (Phi) is 5.15. The third-order valence-electron chi connectivity index (χ3n) is 7.10. The van der Waals surface area contributed by atoms with Crippen LogP contribution in [0.2, 0.25) is 0 Å². The highest BCUT2D eigenvalue weighted by Gasteiger charge is 2.51. The standard InChI is InChI=1S/C26H37NO/c1-11-21-17(4)23-22-24(28-21)20(14-25(7,8)9)15(2)12-13-16(3)26(22,10)18(5)19(6)27-23/h11-13,16,18-19H,4,14H2,1-3,5-10H3/b13-12-,20-15+,21-11+/t16?,18?,19?,26-/m1/s1. The van der Waals surface area contributed by atoms with Gasteiger partial charge >= 0.3 is 0 Å². The van der Waals surface area contributed by atoms with Crippen LogP contribution < -0.4 is 0 Å². The lowest BCUT2D eigenvalue weighted by Gasteiger charge is -2.50. The molecule has 28 heavy (non-hydrogen) atoms. The van der Waals surface area contributed by atoms with Crippen LogP contribution in [0.4, 0.5) is 0 Å². The quantitative estimate of drug-likeness (QED) is 0.473. The fourth-order valence-electron chi connectivity index (χ4n) is 4.89. The Labute approximate surface area is 171 Å². The average molecular weight is 380 g/mol. The van der Waals surface area contributed by atoms with Gasteiger partial charge in [-0.1, -0.05) is 60.3 Å². The summed E-state index contributed by atoms with van der Waals surface area (Å²) in [6, 6.07) is 0.254. The smallest absolute Gasteiger partial charge is 0.136 e. The summed E-state index contributed by atoms with van der Waals surface area (Å²) >= 11 is 0. The Morgan fingerprint density at radius 2 is 1.89 bits per heavy atom. The van der Waals surface area contributed by atoms with Gasteiger partial charge in [-0.25, -0.2) is 0 Å². The lowest BCUT2D eigenvalue weighted by Crippen LogP contribution is -2.47. The molecule has 0 aromatic heterocycles. The van der Waals surface area contributed by atoms with E-state index in [1.807, 2.05) is 13.0 Å². The lowest BCUT2D eigenvalue weighted by molar-refractivity contribution is 0.156. The highest BCUT2D eigenvalue weighted by Crippen LogP contribution is 2.55. The Morgan fingerprint density at radius 3 is 2.46 bits per heavy atom. The summed E-state index contributed by atoms with van der Waals surface area (Å²) < 4.78 is 6.62. The SMILES string of the molecule is C=C1C2=NC(C)C(C)[C@]3(C)C2=C(O/C1=C/C)/C(CC(C)(C)C)=C(C)/C=C\C3C. The highest BCUT2D eigenvalue weighted by molar-refractivity contribution is 6.17. The zero-order valence-electron chi connectivity index (χ0n) is 19.2. The van der Waals surface area contributed by atoms with E-state index in [0.29, 0.717) is 11.8 Å². The second kappa shape index (κ2) is 6.90. The molecule has 0 fully saturated rings. The van der Waals surface area contributed by atoms with Crippen molar-refractivity contribution in [1.82, 2.24) is 0 Å². The van der Waals surface area contributed by atoms with Gasteiger partial charge < -0.3 is 4.74 Å². The Bertz CT molecular complexity index is 855. The van der Waals surface area contributed by atoms with Crippen LogP contribution in [0.25, 0.3) is 0 Å². The maximum absolute atomic E-state index is 6.62. The first kappa shape index (κ1) is 20.9. The van der Waals surface area contributed by atoms with Crippen LogP contribution in [0.5, 0.6) is 0 Å². The molecule has 152 valence electrons. The Balaban J connectivity index is 2.42. The first-order valence-electron chi connectivity index (χ1n) is 10.7. The first-order chi connectivity index (χ1) is 12.9. The number of ether oxygens (including phenoxy) is 1. The van der Waals surface area contributed by atoms with E-state index in [2.05, 4.69) is 74.1 Å². The van der Waals surface area contributed by atoms with Crippen molar-refractivity contribution in [3.8, 4) is 0 Å². The third kappa shape index (κ3) is 3.15. The third-order valence-corrected chi connectivity index (χ3v) is 7.10. The predicted molar refractivity (Wildman–Crippen MR) is 120 cm³/mol. The highest BCUT2D eigenvalue weighted by atomic mass is 16.5. The monoisotopic (exact) mass is 379 g/mol. The van der Waals surface area contributed by atoms with Crippen LogP contribution in [0.3, 0.4) is 0 Å². The molecule has 0 N–H and O–H groups in total. The topological polar surface area (TPSA) is 21.6 Å². The number of aliphatic imine (C=N–C) groups is 1. The number of rotatable bonds is 1. The van der Waals surface area contributed by atoms with Crippen molar-refractivity contribution in [3.63, 3.8) is 0 Å². The van der Waals surface area contributed by atoms with Gasteiger partial charge in [0, 0.05) is 16.6 Å². The summed E-state index contributed by atoms with van der Waals surface area (Å²) in [7, 11) is 0. The molecular weight excluding hydrogens is 342 g/mol. The van der Waals surface area contributed by atoms with E-state index in [-0.39, 0.29) is 16.9 Å². The fraction of sp³-hybridized carbons (Fsp3) is 0.577. The molecule has 0 amide bonds. The van der Waals surface area contributed by atoms with Crippen LogP contribution in [0.15, 0.2) is 63.6 Å². The summed E-state index contributed by atoms with van der Waals surface area (Å²) in [5.74, 6) is 2.68. The molecule has 3 unspecified atom stereocenters. The summed E-state index contributed by atoms with van der Waals surface area (Å²) in [5, 5.41) is 0. The summed E-state index contributed by atoms with van der Waals surface area (Å²) in [4.78, 5) is 5.15. The van der Waals surface area contributed by atoms with Crippen molar-refractivity contribution < 1.29 is 4.74 Å². The number of hydrogen-bond acceptors (Lipinski definition) is 2. The van der Waals surface area contributed by atoms with E-state index >= 15 is 0 Å². The van der Waals surface area contributed by atoms with Gasteiger partial charge in [-0.3, -0.25) is 4.99 Å². The molecule has 3 rings (SSSR count). The van der Waals surface area contributed by atoms with Crippen molar-refractivity contribution in [2.75, 3.05) is 0 Å².